The van der Waals surface area contributed by atoms with E-state index in [0.29, 0.717) is 16.4 Å². The van der Waals surface area contributed by atoms with Gasteiger partial charge >= 0.3 is 0 Å². The van der Waals surface area contributed by atoms with Gasteiger partial charge in [-0.15, -0.1) is 0 Å². The number of benzene rings is 2. The minimum atomic E-state index is -3.65. The highest BCUT2D eigenvalue weighted by molar-refractivity contribution is 7.92. The van der Waals surface area contributed by atoms with Gasteiger partial charge in [0.15, 0.2) is 0 Å². The zero-order valence-electron chi connectivity index (χ0n) is 10.2. The molecule has 6 heteroatoms. The van der Waals surface area contributed by atoms with Crippen LogP contribution in [0.25, 0.3) is 0 Å². The van der Waals surface area contributed by atoms with Gasteiger partial charge in [-0.2, -0.15) is 0 Å². The van der Waals surface area contributed by atoms with Gasteiger partial charge in [-0.3, -0.25) is 4.72 Å². The Bertz CT molecular complexity index is 714. The highest BCUT2D eigenvalue weighted by atomic mass is 35.5. The van der Waals surface area contributed by atoms with E-state index in [1.165, 1.54) is 12.1 Å². The first-order valence-corrected chi connectivity index (χ1v) is 7.39. The molecule has 3 N–H and O–H groups in total. The van der Waals surface area contributed by atoms with Gasteiger partial charge in [0.2, 0.25) is 0 Å². The van der Waals surface area contributed by atoms with Gasteiger partial charge in [-0.1, -0.05) is 23.7 Å². The monoisotopic (exact) mass is 296 g/mol. The molecular weight excluding hydrogens is 284 g/mol. The highest BCUT2D eigenvalue weighted by Gasteiger charge is 2.14. The Labute approximate surface area is 117 Å². The van der Waals surface area contributed by atoms with Crippen LogP contribution in [0.2, 0.25) is 5.02 Å². The van der Waals surface area contributed by atoms with Crippen LogP contribution in [-0.4, -0.2) is 8.42 Å². The molecule has 4 nitrogen and oxygen atoms in total. The van der Waals surface area contributed by atoms with Crippen LogP contribution in [0.15, 0.2) is 47.4 Å². The summed E-state index contributed by atoms with van der Waals surface area (Å²) in [6.45, 7) is 1.85. The van der Waals surface area contributed by atoms with E-state index in [-0.39, 0.29) is 4.90 Å². The number of sulfonamides is 1. The van der Waals surface area contributed by atoms with E-state index in [9.17, 15) is 8.42 Å². The lowest BCUT2D eigenvalue weighted by atomic mass is 10.2. The number of anilines is 2. The number of aryl methyl sites for hydroxylation is 1. The predicted octanol–water partition coefficient (Wildman–Crippen LogP) is 3.03. The molecule has 100 valence electrons. The summed E-state index contributed by atoms with van der Waals surface area (Å²) < 4.78 is 26.7. The van der Waals surface area contributed by atoms with Crippen LogP contribution in [-0.2, 0) is 10.0 Å². The molecule has 2 rings (SSSR count). The summed E-state index contributed by atoms with van der Waals surface area (Å²) in [5.74, 6) is 0. The molecule has 0 aliphatic rings. The SMILES string of the molecule is Cc1ccc(NS(=O)(=O)c2cccc(N)c2)cc1Cl. The topological polar surface area (TPSA) is 72.2 Å². The molecule has 2 aromatic carbocycles. The van der Waals surface area contributed by atoms with Crippen molar-refractivity contribution in [2.45, 2.75) is 11.8 Å². The summed E-state index contributed by atoms with van der Waals surface area (Å²) >= 11 is 5.96. The Hall–Kier alpha value is -1.72. The third-order valence-corrected chi connectivity index (χ3v) is 4.38. The number of nitrogens with one attached hydrogen (secondary N) is 1. The zero-order valence-corrected chi connectivity index (χ0v) is 11.8. The first-order chi connectivity index (χ1) is 8.88. The van der Waals surface area contributed by atoms with Crippen LogP contribution < -0.4 is 10.5 Å². The number of nitrogens with two attached hydrogens (primary N) is 1. The van der Waals surface area contributed by atoms with Gasteiger partial charge in [0, 0.05) is 10.7 Å². The summed E-state index contributed by atoms with van der Waals surface area (Å²) in [5.41, 5.74) is 7.27. The maximum atomic E-state index is 12.1. The van der Waals surface area contributed by atoms with Crippen LogP contribution in [0.3, 0.4) is 0 Å². The number of nitrogen functional groups attached to an aromatic ring is 1. The van der Waals surface area contributed by atoms with E-state index in [4.69, 9.17) is 17.3 Å². The molecule has 0 bridgehead atoms. The summed E-state index contributed by atoms with van der Waals surface area (Å²) in [5, 5.41) is 0.507. The van der Waals surface area contributed by atoms with Crippen LogP contribution in [0.4, 0.5) is 11.4 Å². The Morgan fingerprint density at radius 3 is 2.53 bits per heavy atom. The van der Waals surface area contributed by atoms with E-state index in [1.54, 1.807) is 30.3 Å². The maximum Gasteiger partial charge on any atom is 0.261 e. The van der Waals surface area contributed by atoms with Crippen molar-refractivity contribution < 1.29 is 8.42 Å². The van der Waals surface area contributed by atoms with Crippen molar-refractivity contribution in [3.8, 4) is 0 Å². The van der Waals surface area contributed by atoms with Crippen molar-refractivity contribution in [3.05, 3.63) is 53.1 Å². The molecule has 0 saturated heterocycles. The second-order valence-electron chi connectivity index (χ2n) is 4.14. The molecular formula is C13H13ClN2O2S. The van der Waals surface area contributed by atoms with Crippen LogP contribution in [0, 0.1) is 6.92 Å². The minimum Gasteiger partial charge on any atom is -0.399 e. The summed E-state index contributed by atoms with van der Waals surface area (Å²) in [6, 6.07) is 11.1. The largest absolute Gasteiger partial charge is 0.399 e. The van der Waals surface area contributed by atoms with Crippen molar-refractivity contribution >= 4 is 33.0 Å². The summed E-state index contributed by atoms with van der Waals surface area (Å²) in [6.07, 6.45) is 0. The summed E-state index contributed by atoms with van der Waals surface area (Å²) in [4.78, 5) is 0.115. The second-order valence-corrected chi connectivity index (χ2v) is 6.23. The second kappa shape index (κ2) is 5.11. The van der Waals surface area contributed by atoms with Crippen molar-refractivity contribution in [2.75, 3.05) is 10.5 Å². The number of hydrogen-bond donors (Lipinski definition) is 2. The third kappa shape index (κ3) is 3.19. The van der Waals surface area contributed by atoms with E-state index in [1.807, 2.05) is 6.92 Å². The van der Waals surface area contributed by atoms with E-state index < -0.39 is 10.0 Å². The lowest BCUT2D eigenvalue weighted by Crippen LogP contribution is -2.13. The smallest absolute Gasteiger partial charge is 0.261 e. The minimum absolute atomic E-state index is 0.115. The fourth-order valence-corrected chi connectivity index (χ4v) is 2.84. The molecule has 0 aliphatic carbocycles. The van der Waals surface area contributed by atoms with E-state index in [0.717, 1.165) is 5.56 Å². The summed E-state index contributed by atoms with van der Waals surface area (Å²) in [7, 11) is -3.65. The fourth-order valence-electron chi connectivity index (χ4n) is 1.55. The van der Waals surface area contributed by atoms with E-state index in [2.05, 4.69) is 4.72 Å². The van der Waals surface area contributed by atoms with Crippen molar-refractivity contribution in [3.63, 3.8) is 0 Å². The highest BCUT2D eigenvalue weighted by Crippen LogP contribution is 2.23. The van der Waals surface area contributed by atoms with Gasteiger partial charge in [-0.05, 0) is 42.8 Å². The fraction of sp³-hybridized carbons (Fsp3) is 0.0769. The molecule has 0 saturated carbocycles. The van der Waals surface area contributed by atoms with Crippen LogP contribution in [0.5, 0.6) is 0 Å². The molecule has 0 atom stereocenters. The molecule has 0 spiro atoms. The molecule has 0 radical (unpaired) electrons. The van der Waals surface area contributed by atoms with E-state index >= 15 is 0 Å². The predicted molar refractivity (Wildman–Crippen MR) is 77.9 cm³/mol. The van der Waals surface area contributed by atoms with Crippen molar-refractivity contribution in [1.82, 2.24) is 0 Å². The molecule has 0 fully saturated rings. The quantitative estimate of drug-likeness (QED) is 0.855. The lowest BCUT2D eigenvalue weighted by molar-refractivity contribution is 0.601. The zero-order chi connectivity index (χ0) is 14.0. The standard InChI is InChI=1S/C13H13ClN2O2S/c1-9-5-6-11(8-13(9)14)16-19(17,18)12-4-2-3-10(15)7-12/h2-8,16H,15H2,1H3. The van der Waals surface area contributed by atoms with Crippen LogP contribution in [0.1, 0.15) is 5.56 Å². The van der Waals surface area contributed by atoms with Gasteiger partial charge in [0.1, 0.15) is 0 Å². The molecule has 0 aliphatic heterocycles. The molecule has 2 aromatic rings. The van der Waals surface area contributed by atoms with Gasteiger partial charge in [0.25, 0.3) is 10.0 Å². The Balaban J connectivity index is 2.33. The lowest BCUT2D eigenvalue weighted by Gasteiger charge is -2.09. The Morgan fingerprint density at radius 2 is 1.89 bits per heavy atom. The molecule has 19 heavy (non-hydrogen) atoms. The first kappa shape index (κ1) is 13.7. The molecule has 0 aromatic heterocycles. The molecule has 0 amide bonds. The van der Waals surface area contributed by atoms with Crippen molar-refractivity contribution in [2.24, 2.45) is 0 Å². The molecule has 0 unspecified atom stereocenters. The Morgan fingerprint density at radius 1 is 1.16 bits per heavy atom. The average molecular weight is 297 g/mol. The number of hydrogen-bond acceptors (Lipinski definition) is 3. The van der Waals surface area contributed by atoms with Gasteiger partial charge < -0.3 is 5.73 Å². The average Bonchev–Trinajstić information content (AvgIpc) is 2.33. The number of halogens is 1. The number of rotatable bonds is 3. The van der Waals surface area contributed by atoms with Gasteiger partial charge in [0.05, 0.1) is 10.6 Å². The third-order valence-electron chi connectivity index (χ3n) is 2.59. The van der Waals surface area contributed by atoms with Gasteiger partial charge in [-0.25, -0.2) is 8.42 Å². The normalized spacial score (nSPS) is 11.3. The Kier molecular flexibility index (Phi) is 3.68. The molecule has 0 heterocycles. The first-order valence-electron chi connectivity index (χ1n) is 5.53. The van der Waals surface area contributed by atoms with Crippen LogP contribution >= 0.6 is 11.6 Å². The van der Waals surface area contributed by atoms with Crippen molar-refractivity contribution in [1.29, 1.82) is 0 Å². The maximum absolute atomic E-state index is 12.1.